The van der Waals surface area contributed by atoms with Crippen molar-refractivity contribution in [1.29, 1.82) is 0 Å². The molecule has 2 amide bonds. The lowest BCUT2D eigenvalue weighted by atomic mass is 10.0. The van der Waals surface area contributed by atoms with Crippen LogP contribution in [0.25, 0.3) is 0 Å². The zero-order valence-electron chi connectivity index (χ0n) is 21.6. The van der Waals surface area contributed by atoms with Gasteiger partial charge in [-0.1, -0.05) is 78.9 Å². The Balaban J connectivity index is 1.41. The molecule has 1 unspecified atom stereocenters. The Morgan fingerprint density at radius 2 is 1.34 bits per heavy atom. The third-order valence-electron chi connectivity index (χ3n) is 6.21. The number of hydrogen-bond acceptors (Lipinski definition) is 4. The molecule has 0 radical (unpaired) electrons. The van der Waals surface area contributed by atoms with E-state index in [9.17, 15) is 9.59 Å². The fourth-order valence-corrected chi connectivity index (χ4v) is 3.86. The van der Waals surface area contributed by atoms with Crippen LogP contribution in [-0.2, 0) is 29.2 Å². The van der Waals surface area contributed by atoms with Crippen molar-refractivity contribution in [3.63, 3.8) is 0 Å². The van der Waals surface area contributed by atoms with Crippen LogP contribution in [0.2, 0.25) is 0 Å². The molecule has 1 atom stereocenters. The van der Waals surface area contributed by atoms with E-state index in [0.29, 0.717) is 12.3 Å². The molecule has 6 heteroatoms. The first kappa shape index (κ1) is 26.5. The predicted molar refractivity (Wildman–Crippen MR) is 149 cm³/mol. The smallest absolute Gasteiger partial charge is 0.408 e. The second-order valence-corrected chi connectivity index (χ2v) is 9.17. The summed E-state index contributed by atoms with van der Waals surface area (Å²) in [4.78, 5) is 25.9. The van der Waals surface area contributed by atoms with Crippen molar-refractivity contribution in [3.8, 4) is 5.75 Å². The number of alkyl carbamates (subject to hydrolysis) is 1. The van der Waals surface area contributed by atoms with Crippen LogP contribution in [0.1, 0.15) is 27.8 Å². The van der Waals surface area contributed by atoms with Crippen molar-refractivity contribution in [2.45, 2.75) is 39.5 Å². The molecule has 0 aliphatic rings. The number of hydrogen-bond donors (Lipinski definition) is 2. The van der Waals surface area contributed by atoms with Gasteiger partial charge in [0.05, 0.1) is 0 Å². The van der Waals surface area contributed by atoms with E-state index in [1.165, 1.54) is 0 Å². The van der Waals surface area contributed by atoms with Gasteiger partial charge < -0.3 is 20.1 Å². The third-order valence-corrected chi connectivity index (χ3v) is 6.21. The summed E-state index contributed by atoms with van der Waals surface area (Å²) in [6.07, 6.45) is -0.368. The van der Waals surface area contributed by atoms with E-state index in [0.717, 1.165) is 33.6 Å². The monoisotopic (exact) mass is 508 g/mol. The molecule has 0 aliphatic heterocycles. The molecule has 0 fully saturated rings. The molecule has 0 saturated carbocycles. The van der Waals surface area contributed by atoms with Crippen molar-refractivity contribution >= 4 is 17.7 Å². The highest BCUT2D eigenvalue weighted by Gasteiger charge is 2.22. The summed E-state index contributed by atoms with van der Waals surface area (Å²) in [6.45, 7) is 4.59. The minimum atomic E-state index is -0.837. The molecular weight excluding hydrogens is 476 g/mol. The van der Waals surface area contributed by atoms with E-state index in [1.807, 2.05) is 117 Å². The molecule has 4 rings (SSSR count). The quantitative estimate of drug-likeness (QED) is 0.261. The Labute approximate surface area is 223 Å². The summed E-state index contributed by atoms with van der Waals surface area (Å²) in [5, 5.41) is 5.66. The molecule has 0 aromatic heterocycles. The molecule has 0 aliphatic carbocycles. The van der Waals surface area contributed by atoms with E-state index in [4.69, 9.17) is 9.47 Å². The highest BCUT2D eigenvalue weighted by atomic mass is 16.5. The van der Waals surface area contributed by atoms with Gasteiger partial charge >= 0.3 is 6.09 Å². The number of nitrogens with one attached hydrogen (secondary N) is 2. The number of ether oxygens (including phenoxy) is 2. The average Bonchev–Trinajstić information content (AvgIpc) is 2.94. The van der Waals surface area contributed by atoms with Crippen molar-refractivity contribution < 1.29 is 19.1 Å². The number of rotatable bonds is 10. The van der Waals surface area contributed by atoms with Crippen LogP contribution in [0.5, 0.6) is 5.75 Å². The van der Waals surface area contributed by atoms with Gasteiger partial charge in [-0.2, -0.15) is 0 Å². The fourth-order valence-electron chi connectivity index (χ4n) is 3.86. The average molecular weight is 509 g/mol. The van der Waals surface area contributed by atoms with Gasteiger partial charge in [0.15, 0.2) is 0 Å². The molecule has 6 nitrogen and oxygen atoms in total. The number of amides is 2. The maximum Gasteiger partial charge on any atom is 0.408 e. The van der Waals surface area contributed by atoms with Gasteiger partial charge in [-0.05, 0) is 65.9 Å². The van der Waals surface area contributed by atoms with Gasteiger partial charge in [-0.15, -0.1) is 0 Å². The van der Waals surface area contributed by atoms with E-state index >= 15 is 0 Å². The maximum absolute atomic E-state index is 13.2. The van der Waals surface area contributed by atoms with Crippen LogP contribution in [0, 0.1) is 13.8 Å². The van der Waals surface area contributed by atoms with Crippen LogP contribution < -0.4 is 15.4 Å². The zero-order chi connectivity index (χ0) is 26.7. The Hall–Kier alpha value is -4.58. The molecule has 0 spiro atoms. The van der Waals surface area contributed by atoms with Crippen molar-refractivity contribution in [2.75, 3.05) is 5.32 Å². The van der Waals surface area contributed by atoms with Crippen molar-refractivity contribution in [1.82, 2.24) is 5.32 Å². The lowest BCUT2D eigenvalue weighted by Crippen LogP contribution is -2.45. The van der Waals surface area contributed by atoms with Crippen molar-refractivity contribution in [2.24, 2.45) is 0 Å². The van der Waals surface area contributed by atoms with E-state index in [2.05, 4.69) is 10.6 Å². The number of aryl methyl sites for hydroxylation is 2. The van der Waals surface area contributed by atoms with Gasteiger partial charge in [0, 0.05) is 12.1 Å². The molecule has 2 N–H and O–H groups in total. The topological polar surface area (TPSA) is 76.7 Å². The second kappa shape index (κ2) is 13.1. The number of benzene rings is 4. The zero-order valence-corrected chi connectivity index (χ0v) is 21.6. The van der Waals surface area contributed by atoms with Gasteiger partial charge in [-0.25, -0.2) is 4.79 Å². The first-order valence-corrected chi connectivity index (χ1v) is 12.6. The van der Waals surface area contributed by atoms with E-state index in [-0.39, 0.29) is 18.9 Å². The van der Waals surface area contributed by atoms with Crippen LogP contribution in [0.3, 0.4) is 0 Å². The van der Waals surface area contributed by atoms with Gasteiger partial charge in [0.2, 0.25) is 5.91 Å². The summed E-state index contributed by atoms with van der Waals surface area (Å²) in [5.74, 6) is 0.401. The third kappa shape index (κ3) is 7.96. The molecule has 194 valence electrons. The molecule has 0 bridgehead atoms. The fraction of sp³-hybridized carbons (Fsp3) is 0.188. The first-order valence-electron chi connectivity index (χ1n) is 12.6. The van der Waals surface area contributed by atoms with Gasteiger partial charge in [-0.3, -0.25) is 4.79 Å². The Kier molecular flexibility index (Phi) is 9.13. The van der Waals surface area contributed by atoms with Gasteiger partial charge in [0.1, 0.15) is 25.0 Å². The SMILES string of the molecule is Cc1ccc(NC(=O)C(Cc2ccc(OCc3ccccc3)cc2)NC(=O)OCc2ccccc2)cc1C. The maximum atomic E-state index is 13.2. The Morgan fingerprint density at radius 3 is 1.97 bits per heavy atom. The Morgan fingerprint density at radius 1 is 0.711 bits per heavy atom. The van der Waals surface area contributed by atoms with E-state index < -0.39 is 12.1 Å². The normalized spacial score (nSPS) is 11.3. The van der Waals surface area contributed by atoms with Crippen LogP contribution in [0.15, 0.2) is 103 Å². The highest BCUT2D eigenvalue weighted by molar-refractivity contribution is 5.96. The van der Waals surface area contributed by atoms with Crippen molar-refractivity contribution in [3.05, 3.63) is 131 Å². The molecular formula is C32H32N2O4. The summed E-state index contributed by atoms with van der Waals surface area (Å²) < 4.78 is 11.2. The van der Waals surface area contributed by atoms with Crippen LogP contribution in [-0.4, -0.2) is 18.0 Å². The molecule has 0 heterocycles. The number of carbonyl (C=O) groups excluding carboxylic acids is 2. The lowest BCUT2D eigenvalue weighted by Gasteiger charge is -2.19. The molecule has 4 aromatic carbocycles. The minimum Gasteiger partial charge on any atom is -0.489 e. The van der Waals surface area contributed by atoms with Crippen LogP contribution in [0.4, 0.5) is 10.5 Å². The number of carbonyl (C=O) groups is 2. The minimum absolute atomic E-state index is 0.117. The first-order chi connectivity index (χ1) is 18.5. The summed E-state index contributed by atoms with van der Waals surface area (Å²) in [6, 6.07) is 31.7. The summed E-state index contributed by atoms with van der Waals surface area (Å²) >= 11 is 0. The molecule has 38 heavy (non-hydrogen) atoms. The lowest BCUT2D eigenvalue weighted by molar-refractivity contribution is -0.118. The van der Waals surface area contributed by atoms with Gasteiger partial charge in [0.25, 0.3) is 0 Å². The number of anilines is 1. The second-order valence-electron chi connectivity index (χ2n) is 9.17. The Bertz CT molecular complexity index is 1340. The molecule has 0 saturated heterocycles. The molecule has 4 aromatic rings. The van der Waals surface area contributed by atoms with E-state index in [1.54, 1.807) is 0 Å². The standard InChI is InChI=1S/C32H32N2O4/c1-23-13-16-28(19-24(23)2)33-31(35)30(34-32(36)38-22-27-11-7-4-8-12-27)20-25-14-17-29(18-15-25)37-21-26-9-5-3-6-10-26/h3-19,30H,20-22H2,1-2H3,(H,33,35)(H,34,36). The van der Waals surface area contributed by atoms with Crippen LogP contribution >= 0.6 is 0 Å². The summed E-state index contributed by atoms with van der Waals surface area (Å²) in [7, 11) is 0. The largest absolute Gasteiger partial charge is 0.489 e. The highest BCUT2D eigenvalue weighted by Crippen LogP contribution is 2.18. The summed E-state index contributed by atoms with van der Waals surface area (Å²) in [5.41, 5.74) is 5.70. The predicted octanol–water partition coefficient (Wildman–Crippen LogP) is 6.36.